The van der Waals surface area contributed by atoms with Gasteiger partial charge in [0.1, 0.15) is 5.75 Å². The summed E-state index contributed by atoms with van der Waals surface area (Å²) in [5.41, 5.74) is 6.18. The highest BCUT2D eigenvalue weighted by molar-refractivity contribution is 6.10. The van der Waals surface area contributed by atoms with Crippen molar-refractivity contribution in [2.75, 3.05) is 5.32 Å². The Morgan fingerprint density at radius 1 is 0.818 bits per heavy atom. The molecule has 0 radical (unpaired) electrons. The van der Waals surface area contributed by atoms with Gasteiger partial charge in [-0.2, -0.15) is 5.10 Å². The number of hydrazone groups is 1. The molecular formula is C27H23N3O3. The standard InChI is InChI=1S/C27H23N3O3/c1-17-7-5-10-21(15-17)26(32)28-22-11-6-9-20(16-22)18(2)29-30-27(33)25-23-12-4-3-8-19(23)13-14-24(25)31/h3-16,31H,1-2H3,(H,28,32)(H,30,33)/b29-18-. The molecule has 0 unspecified atom stereocenters. The van der Waals surface area contributed by atoms with E-state index in [1.165, 1.54) is 6.07 Å². The Labute approximate surface area is 191 Å². The Balaban J connectivity index is 1.51. The van der Waals surface area contributed by atoms with E-state index in [4.69, 9.17) is 0 Å². The van der Waals surface area contributed by atoms with Gasteiger partial charge in [0.25, 0.3) is 11.8 Å². The number of aryl methyl sites for hydroxylation is 1. The summed E-state index contributed by atoms with van der Waals surface area (Å²) in [6, 6.07) is 25.2. The van der Waals surface area contributed by atoms with Crippen LogP contribution in [0.2, 0.25) is 0 Å². The number of benzene rings is 4. The summed E-state index contributed by atoms with van der Waals surface area (Å²) in [4.78, 5) is 25.3. The molecule has 0 spiro atoms. The number of anilines is 1. The molecule has 4 aromatic rings. The van der Waals surface area contributed by atoms with Gasteiger partial charge in [-0.05, 0) is 60.5 Å². The molecule has 0 atom stereocenters. The van der Waals surface area contributed by atoms with E-state index in [2.05, 4.69) is 15.8 Å². The zero-order valence-corrected chi connectivity index (χ0v) is 18.3. The Morgan fingerprint density at radius 2 is 1.58 bits per heavy atom. The van der Waals surface area contributed by atoms with Crippen LogP contribution in [0.1, 0.15) is 38.8 Å². The van der Waals surface area contributed by atoms with Crippen LogP contribution in [0.5, 0.6) is 5.75 Å². The molecule has 0 saturated heterocycles. The summed E-state index contributed by atoms with van der Waals surface area (Å²) in [5, 5.41) is 18.8. The lowest BCUT2D eigenvalue weighted by molar-refractivity contribution is 0.0953. The summed E-state index contributed by atoms with van der Waals surface area (Å²) in [5.74, 6) is -0.822. The number of carbonyl (C=O) groups excluding carboxylic acids is 2. The molecule has 4 rings (SSSR count). The first-order valence-electron chi connectivity index (χ1n) is 10.5. The van der Waals surface area contributed by atoms with Gasteiger partial charge in [-0.3, -0.25) is 9.59 Å². The number of carbonyl (C=O) groups is 2. The second-order valence-electron chi connectivity index (χ2n) is 7.72. The average molecular weight is 437 g/mol. The van der Waals surface area contributed by atoms with Crippen molar-refractivity contribution in [3.05, 3.63) is 107 Å². The molecule has 0 fully saturated rings. The van der Waals surface area contributed by atoms with Crippen molar-refractivity contribution in [1.82, 2.24) is 5.43 Å². The lowest BCUT2D eigenvalue weighted by Gasteiger charge is -2.10. The van der Waals surface area contributed by atoms with Gasteiger partial charge in [-0.1, -0.05) is 60.2 Å². The summed E-state index contributed by atoms with van der Waals surface area (Å²) in [7, 11) is 0. The van der Waals surface area contributed by atoms with Gasteiger partial charge < -0.3 is 10.4 Å². The third-order valence-corrected chi connectivity index (χ3v) is 5.28. The molecule has 0 saturated carbocycles. The van der Waals surface area contributed by atoms with Gasteiger partial charge in [0.2, 0.25) is 0 Å². The minimum absolute atomic E-state index is 0.111. The molecule has 164 valence electrons. The smallest absolute Gasteiger partial charge is 0.275 e. The highest BCUT2D eigenvalue weighted by Crippen LogP contribution is 2.27. The van der Waals surface area contributed by atoms with E-state index in [-0.39, 0.29) is 17.2 Å². The maximum atomic E-state index is 12.8. The van der Waals surface area contributed by atoms with E-state index < -0.39 is 5.91 Å². The monoisotopic (exact) mass is 437 g/mol. The van der Waals surface area contributed by atoms with Crippen LogP contribution >= 0.6 is 0 Å². The molecule has 2 amide bonds. The largest absolute Gasteiger partial charge is 0.507 e. The molecule has 6 nitrogen and oxygen atoms in total. The number of aromatic hydroxyl groups is 1. The van der Waals surface area contributed by atoms with Crippen LogP contribution in [0.3, 0.4) is 0 Å². The van der Waals surface area contributed by atoms with Crippen LogP contribution in [0, 0.1) is 6.92 Å². The van der Waals surface area contributed by atoms with Gasteiger partial charge in [0.05, 0.1) is 11.3 Å². The SMILES string of the molecule is C/C(=N/NC(=O)c1c(O)ccc2ccccc12)c1cccc(NC(=O)c2cccc(C)c2)c1. The molecule has 0 bridgehead atoms. The number of phenolic OH excluding ortho intramolecular Hbond substituents is 1. The van der Waals surface area contributed by atoms with Gasteiger partial charge >= 0.3 is 0 Å². The molecule has 6 heteroatoms. The minimum Gasteiger partial charge on any atom is -0.507 e. The van der Waals surface area contributed by atoms with Crippen molar-refractivity contribution >= 4 is 34.0 Å². The number of rotatable bonds is 5. The van der Waals surface area contributed by atoms with Crippen LogP contribution < -0.4 is 10.7 Å². The zero-order valence-electron chi connectivity index (χ0n) is 18.3. The van der Waals surface area contributed by atoms with Crippen molar-refractivity contribution < 1.29 is 14.7 Å². The minimum atomic E-state index is -0.507. The van der Waals surface area contributed by atoms with Gasteiger partial charge in [-0.25, -0.2) is 5.43 Å². The Hall–Kier alpha value is -4.45. The number of amides is 2. The number of hydrogen-bond acceptors (Lipinski definition) is 4. The van der Waals surface area contributed by atoms with E-state index in [0.717, 1.165) is 16.5 Å². The number of nitrogens with zero attached hydrogens (tertiary/aromatic N) is 1. The Bertz CT molecular complexity index is 1390. The second kappa shape index (κ2) is 9.36. The lowest BCUT2D eigenvalue weighted by Crippen LogP contribution is -2.20. The molecule has 0 aliphatic heterocycles. The average Bonchev–Trinajstić information content (AvgIpc) is 2.82. The Kier molecular flexibility index (Phi) is 6.17. The highest BCUT2D eigenvalue weighted by atomic mass is 16.3. The van der Waals surface area contributed by atoms with Crippen molar-refractivity contribution in [3.8, 4) is 5.75 Å². The van der Waals surface area contributed by atoms with Crippen molar-refractivity contribution in [2.45, 2.75) is 13.8 Å². The van der Waals surface area contributed by atoms with E-state index in [1.807, 2.05) is 49.4 Å². The van der Waals surface area contributed by atoms with Crippen molar-refractivity contribution in [2.24, 2.45) is 5.10 Å². The van der Waals surface area contributed by atoms with Crippen LogP contribution in [0.15, 0.2) is 90.0 Å². The van der Waals surface area contributed by atoms with Crippen LogP contribution in [0.4, 0.5) is 5.69 Å². The number of hydrogen-bond donors (Lipinski definition) is 3. The molecular weight excluding hydrogens is 414 g/mol. The van der Waals surface area contributed by atoms with E-state index in [9.17, 15) is 14.7 Å². The molecule has 4 aromatic carbocycles. The fourth-order valence-corrected chi connectivity index (χ4v) is 3.57. The van der Waals surface area contributed by atoms with Gasteiger partial charge in [0, 0.05) is 11.3 Å². The maximum absolute atomic E-state index is 12.8. The summed E-state index contributed by atoms with van der Waals surface area (Å²) in [6.07, 6.45) is 0. The normalized spacial score (nSPS) is 11.3. The molecule has 3 N–H and O–H groups in total. The van der Waals surface area contributed by atoms with E-state index in [0.29, 0.717) is 22.3 Å². The van der Waals surface area contributed by atoms with Crippen LogP contribution in [-0.4, -0.2) is 22.6 Å². The summed E-state index contributed by atoms with van der Waals surface area (Å²) in [6.45, 7) is 3.69. The van der Waals surface area contributed by atoms with E-state index >= 15 is 0 Å². The van der Waals surface area contributed by atoms with Crippen LogP contribution in [0.25, 0.3) is 10.8 Å². The first-order valence-corrected chi connectivity index (χ1v) is 10.5. The summed E-state index contributed by atoms with van der Waals surface area (Å²) >= 11 is 0. The zero-order chi connectivity index (χ0) is 23.4. The lowest BCUT2D eigenvalue weighted by atomic mass is 10.0. The molecule has 0 heterocycles. The maximum Gasteiger partial charge on any atom is 0.275 e. The second-order valence-corrected chi connectivity index (χ2v) is 7.72. The molecule has 33 heavy (non-hydrogen) atoms. The number of fused-ring (bicyclic) bond motifs is 1. The molecule has 0 aromatic heterocycles. The predicted octanol–water partition coefficient (Wildman–Crippen LogP) is 5.26. The van der Waals surface area contributed by atoms with Crippen LogP contribution in [-0.2, 0) is 0 Å². The number of phenols is 1. The van der Waals surface area contributed by atoms with Gasteiger partial charge in [0.15, 0.2) is 0 Å². The third kappa shape index (κ3) is 4.91. The van der Waals surface area contributed by atoms with Crippen molar-refractivity contribution in [3.63, 3.8) is 0 Å². The number of nitrogens with one attached hydrogen (secondary N) is 2. The predicted molar refractivity (Wildman–Crippen MR) is 131 cm³/mol. The highest BCUT2D eigenvalue weighted by Gasteiger charge is 2.15. The van der Waals surface area contributed by atoms with Gasteiger partial charge in [-0.15, -0.1) is 0 Å². The summed E-state index contributed by atoms with van der Waals surface area (Å²) < 4.78 is 0. The third-order valence-electron chi connectivity index (χ3n) is 5.28. The van der Waals surface area contributed by atoms with Crippen molar-refractivity contribution in [1.29, 1.82) is 0 Å². The first kappa shape index (κ1) is 21.8. The Morgan fingerprint density at radius 3 is 2.39 bits per heavy atom. The quantitative estimate of drug-likeness (QED) is 0.294. The molecule has 0 aliphatic rings. The van der Waals surface area contributed by atoms with E-state index in [1.54, 1.807) is 43.3 Å². The fraction of sp³-hybridized carbons (Fsp3) is 0.0741. The fourth-order valence-electron chi connectivity index (χ4n) is 3.57. The topological polar surface area (TPSA) is 90.8 Å². The molecule has 0 aliphatic carbocycles. The first-order chi connectivity index (χ1) is 15.9.